The molecule has 4 aliphatic heterocycles. The third kappa shape index (κ3) is 10.6. The highest BCUT2D eigenvalue weighted by Crippen LogP contribution is 2.66. The molecule has 0 amide bonds. The second kappa shape index (κ2) is 22.9. The van der Waals surface area contributed by atoms with E-state index in [1.165, 1.54) is 12.5 Å². The first kappa shape index (κ1) is 56.2. The van der Waals surface area contributed by atoms with E-state index < -0.39 is 154 Å². The van der Waals surface area contributed by atoms with Gasteiger partial charge in [-0.1, -0.05) is 25.5 Å². The second-order valence-electron chi connectivity index (χ2n) is 22.0. The van der Waals surface area contributed by atoms with Crippen molar-refractivity contribution in [2.75, 3.05) is 33.0 Å². The van der Waals surface area contributed by atoms with Gasteiger partial charge in [-0.15, -0.1) is 0 Å². The number of Topliss-reactive ketones (excluding diaryl/α,β-unsaturated/α-hetero) is 2. The maximum atomic E-state index is 14.0. The van der Waals surface area contributed by atoms with E-state index >= 15 is 0 Å². The van der Waals surface area contributed by atoms with Gasteiger partial charge in [-0.2, -0.15) is 0 Å². The highest BCUT2D eigenvalue weighted by Gasteiger charge is 2.61. The minimum atomic E-state index is -1.63. The Kier molecular flexibility index (Phi) is 17.9. The van der Waals surface area contributed by atoms with Crippen molar-refractivity contribution in [1.82, 2.24) is 0 Å². The Labute approximate surface area is 418 Å². The Morgan fingerprint density at radius 3 is 1.94 bits per heavy atom. The average molecular weight is 1030 g/mol. The number of carbonyl (C=O) groups excluding carboxylic acids is 2. The molecule has 0 aromatic carbocycles. The predicted molar refractivity (Wildman–Crippen MR) is 245 cm³/mol. The quantitative estimate of drug-likeness (QED) is 0.0408. The van der Waals surface area contributed by atoms with E-state index in [-0.39, 0.29) is 47.8 Å². The lowest BCUT2D eigenvalue weighted by Gasteiger charge is -2.57. The predicted octanol–water partition coefficient (Wildman–Crippen LogP) is -2.46. The summed E-state index contributed by atoms with van der Waals surface area (Å²) in [5.74, 6) is 0.354. The fraction of sp³-hybridized carbons (Fsp3) is 0.880. The topological polar surface area (TPSA) is 351 Å². The summed E-state index contributed by atoms with van der Waals surface area (Å²) in [5, 5.41) is 124. The summed E-state index contributed by atoms with van der Waals surface area (Å²) in [5.41, 5.74) is 1.59. The van der Waals surface area contributed by atoms with Crippen LogP contribution in [0.15, 0.2) is 22.8 Å². The second-order valence-corrected chi connectivity index (χ2v) is 22.0. The minimum absolute atomic E-state index is 0.00369. The van der Waals surface area contributed by atoms with E-state index in [9.17, 15) is 70.9 Å². The third-order valence-corrected chi connectivity index (χ3v) is 17.7. The molecule has 25 atom stereocenters. The molecule has 22 heteroatoms. The molecule has 12 N–H and O–H groups in total. The van der Waals surface area contributed by atoms with Crippen molar-refractivity contribution in [2.45, 2.75) is 215 Å². The molecule has 410 valence electrons. The lowest BCUT2D eigenvalue weighted by molar-refractivity contribution is -0.348. The summed E-state index contributed by atoms with van der Waals surface area (Å²) in [6.45, 7) is 5.48. The highest BCUT2D eigenvalue weighted by atomic mass is 16.8. The Bertz CT molecular complexity index is 1950. The lowest BCUT2D eigenvalue weighted by atomic mass is 9.47. The van der Waals surface area contributed by atoms with Crippen molar-refractivity contribution >= 4 is 11.6 Å². The zero-order chi connectivity index (χ0) is 52.1. The first-order valence-electron chi connectivity index (χ1n) is 25.8. The normalized spacial score (nSPS) is 49.2. The molecule has 0 radical (unpaired) electrons. The SMILES string of the molecule is CC(C(=O)CCCCOC1OC(CO)C(O)C(O)C1O)=C1C(=O)CC2C3CC=C4CC(OC5OC(CO)C(OC6OC(CO)C(O)C6O)C(O)C5OCC5OC(C)C(O)C(O)C5O)CCC4(C)C3CCC12C. The number of rotatable bonds is 17. The zero-order valence-electron chi connectivity index (χ0n) is 41.4. The van der Waals surface area contributed by atoms with Crippen molar-refractivity contribution in [3.63, 3.8) is 0 Å². The average Bonchev–Trinajstić information content (AvgIpc) is 3.80. The number of aliphatic hydroxyl groups excluding tert-OH is 12. The molecule has 4 heterocycles. The maximum Gasteiger partial charge on any atom is 0.187 e. The van der Waals surface area contributed by atoms with Gasteiger partial charge in [0.1, 0.15) is 91.6 Å². The Morgan fingerprint density at radius 1 is 0.639 bits per heavy atom. The van der Waals surface area contributed by atoms with E-state index in [2.05, 4.69) is 19.9 Å². The zero-order valence-corrected chi connectivity index (χ0v) is 41.4. The molecule has 72 heavy (non-hydrogen) atoms. The highest BCUT2D eigenvalue weighted by molar-refractivity contribution is 6.08. The van der Waals surface area contributed by atoms with Crippen molar-refractivity contribution in [1.29, 1.82) is 0 Å². The Hall–Kier alpha value is -1.98. The van der Waals surface area contributed by atoms with Crippen LogP contribution >= 0.6 is 0 Å². The van der Waals surface area contributed by atoms with E-state index in [0.29, 0.717) is 43.3 Å². The van der Waals surface area contributed by atoms with Gasteiger partial charge in [0.2, 0.25) is 0 Å². The van der Waals surface area contributed by atoms with E-state index in [0.717, 1.165) is 25.7 Å². The number of hydrogen-bond acceptors (Lipinski definition) is 22. The summed E-state index contributed by atoms with van der Waals surface area (Å²) >= 11 is 0. The van der Waals surface area contributed by atoms with Crippen LogP contribution in [0.5, 0.6) is 0 Å². The fourth-order valence-electron chi connectivity index (χ4n) is 13.4. The lowest BCUT2D eigenvalue weighted by Crippen LogP contribution is -2.63. The number of fused-ring (bicyclic) bond motifs is 5. The maximum absolute atomic E-state index is 14.0. The first-order valence-corrected chi connectivity index (χ1v) is 25.8. The summed E-state index contributed by atoms with van der Waals surface area (Å²) in [6, 6.07) is 0. The van der Waals surface area contributed by atoms with Crippen LogP contribution in [0, 0.1) is 28.6 Å². The monoisotopic (exact) mass is 1030 g/mol. The smallest absolute Gasteiger partial charge is 0.187 e. The van der Waals surface area contributed by atoms with Crippen LogP contribution in [0.3, 0.4) is 0 Å². The third-order valence-electron chi connectivity index (χ3n) is 17.7. The van der Waals surface area contributed by atoms with Crippen LogP contribution in [0.2, 0.25) is 0 Å². The molecule has 0 spiro atoms. The van der Waals surface area contributed by atoms with Crippen LogP contribution in [0.25, 0.3) is 0 Å². The van der Waals surface area contributed by atoms with Gasteiger partial charge >= 0.3 is 0 Å². The van der Waals surface area contributed by atoms with Crippen LogP contribution in [-0.4, -0.2) is 229 Å². The van der Waals surface area contributed by atoms with Gasteiger partial charge in [0, 0.05) is 25.0 Å². The molecule has 4 saturated heterocycles. The number of hydrogen-bond donors (Lipinski definition) is 12. The molecule has 0 aromatic rings. The van der Waals surface area contributed by atoms with E-state index in [1.807, 2.05) is 0 Å². The van der Waals surface area contributed by atoms with E-state index in [4.69, 9.17) is 37.9 Å². The van der Waals surface area contributed by atoms with Gasteiger partial charge in [-0.3, -0.25) is 9.59 Å². The summed E-state index contributed by atoms with van der Waals surface area (Å²) in [7, 11) is 0. The molecule has 22 nitrogen and oxygen atoms in total. The molecular weight excluding hydrogens is 953 g/mol. The molecule has 0 aromatic heterocycles. The number of carbonyl (C=O) groups is 2. The largest absolute Gasteiger partial charge is 0.394 e. The molecule has 25 unspecified atom stereocenters. The number of aliphatic hydroxyl groups is 12. The van der Waals surface area contributed by atoms with Gasteiger partial charge in [0.05, 0.1) is 38.6 Å². The summed E-state index contributed by atoms with van der Waals surface area (Å²) in [6.07, 6.45) is -18.9. The minimum Gasteiger partial charge on any atom is -0.394 e. The Morgan fingerprint density at radius 2 is 1.25 bits per heavy atom. The van der Waals surface area contributed by atoms with Crippen LogP contribution in [-0.2, 0) is 47.5 Å². The van der Waals surface area contributed by atoms with Crippen molar-refractivity contribution in [3.8, 4) is 0 Å². The van der Waals surface area contributed by atoms with Gasteiger partial charge in [-0.25, -0.2) is 0 Å². The first-order chi connectivity index (χ1) is 34.2. The summed E-state index contributed by atoms with van der Waals surface area (Å²) < 4.78 is 47.3. The van der Waals surface area contributed by atoms with Crippen molar-refractivity contribution in [2.24, 2.45) is 28.6 Å². The van der Waals surface area contributed by atoms with Crippen LogP contribution < -0.4 is 0 Å². The summed E-state index contributed by atoms with van der Waals surface area (Å²) in [4.78, 5) is 27.7. The van der Waals surface area contributed by atoms with Crippen LogP contribution in [0.4, 0.5) is 0 Å². The van der Waals surface area contributed by atoms with Gasteiger partial charge in [0.15, 0.2) is 30.4 Å². The molecule has 8 rings (SSSR count). The van der Waals surface area contributed by atoms with Crippen molar-refractivity contribution < 1.29 is 109 Å². The Balaban J connectivity index is 0.915. The number of unbranched alkanes of at least 4 members (excludes halogenated alkanes) is 1. The molecule has 4 aliphatic carbocycles. The molecular formula is C50H78O22. The standard InChI is InChI=1S/C50H78O22/c1-21(28(54)7-5-6-14-65-46-42(63)40(61)36(57)30(17-51)69-46)34-29(55)16-27-25-9-8-23-15-24(10-12-49(23,3)26(25)11-13-50(27,34)4)68-48-45(66-20-33-38(59)39(60)35(56)22(2)67-33)43(64)44(32(19-53)71-48)72-47-41(62)37(58)31(18-52)70-47/h8,22,24-27,30-33,35-48,51-53,56-64H,5-7,9-20H2,1-4H3. The van der Waals surface area contributed by atoms with Gasteiger partial charge in [-0.05, 0) is 99.4 Å². The number of allylic oxidation sites excluding steroid dienone is 3. The van der Waals surface area contributed by atoms with E-state index in [1.54, 1.807) is 6.92 Å². The van der Waals surface area contributed by atoms with Crippen LogP contribution in [0.1, 0.15) is 91.9 Å². The van der Waals surface area contributed by atoms with Gasteiger partial charge < -0.3 is 99.2 Å². The molecule has 3 saturated carbocycles. The van der Waals surface area contributed by atoms with Crippen molar-refractivity contribution in [3.05, 3.63) is 22.8 Å². The molecule has 0 bridgehead atoms. The molecule has 8 aliphatic rings. The number of ether oxygens (including phenoxy) is 8. The fourth-order valence-corrected chi connectivity index (χ4v) is 13.4. The molecule has 7 fully saturated rings. The van der Waals surface area contributed by atoms with Gasteiger partial charge in [0.25, 0.3) is 0 Å². The number of ketones is 2.